The van der Waals surface area contributed by atoms with Gasteiger partial charge in [-0.3, -0.25) is 4.79 Å². The first kappa shape index (κ1) is 16.0. The maximum absolute atomic E-state index is 12.1. The third-order valence-corrected chi connectivity index (χ3v) is 4.08. The monoisotopic (exact) mass is 289 g/mol. The molecule has 1 aromatic rings. The van der Waals surface area contributed by atoms with Crippen molar-refractivity contribution in [1.29, 1.82) is 0 Å². The zero-order valence-electron chi connectivity index (χ0n) is 13.1. The van der Waals surface area contributed by atoms with Crippen LogP contribution < -0.4 is 10.6 Å². The third-order valence-electron chi connectivity index (χ3n) is 4.08. The van der Waals surface area contributed by atoms with Crippen LogP contribution in [0.4, 0.5) is 0 Å². The van der Waals surface area contributed by atoms with Gasteiger partial charge in [-0.2, -0.15) is 0 Å². The van der Waals surface area contributed by atoms with Gasteiger partial charge in [-0.25, -0.2) is 0 Å². The number of rotatable bonds is 6. The van der Waals surface area contributed by atoms with E-state index in [1.165, 1.54) is 5.56 Å². The maximum atomic E-state index is 12.1. The van der Waals surface area contributed by atoms with E-state index >= 15 is 0 Å². The van der Waals surface area contributed by atoms with Crippen molar-refractivity contribution < 1.29 is 4.79 Å². The van der Waals surface area contributed by atoms with Crippen molar-refractivity contribution in [1.82, 2.24) is 15.5 Å². The Morgan fingerprint density at radius 1 is 1.38 bits per heavy atom. The highest BCUT2D eigenvalue weighted by Gasteiger charge is 2.24. The van der Waals surface area contributed by atoms with Crippen LogP contribution in [0.5, 0.6) is 0 Å². The maximum Gasteiger partial charge on any atom is 0.223 e. The Balaban J connectivity index is 1.65. The Morgan fingerprint density at radius 3 is 2.86 bits per heavy atom. The summed E-state index contributed by atoms with van der Waals surface area (Å²) in [5.41, 5.74) is 1.30. The lowest BCUT2D eigenvalue weighted by atomic mass is 9.92. The number of nitrogens with one attached hydrogen (secondary N) is 2. The zero-order valence-corrected chi connectivity index (χ0v) is 13.1. The molecule has 1 heterocycles. The third kappa shape index (κ3) is 5.48. The predicted molar refractivity (Wildman–Crippen MR) is 86.0 cm³/mol. The number of nitrogens with zero attached hydrogens (tertiary/aromatic N) is 1. The van der Waals surface area contributed by atoms with Crippen molar-refractivity contribution in [3.63, 3.8) is 0 Å². The van der Waals surface area contributed by atoms with Crippen LogP contribution >= 0.6 is 0 Å². The van der Waals surface area contributed by atoms with E-state index in [1.807, 2.05) is 6.07 Å². The second kappa shape index (κ2) is 8.15. The van der Waals surface area contributed by atoms with E-state index in [2.05, 4.69) is 53.8 Å². The number of benzene rings is 1. The Labute approximate surface area is 127 Å². The summed E-state index contributed by atoms with van der Waals surface area (Å²) in [5, 5.41) is 6.46. The highest BCUT2D eigenvalue weighted by molar-refractivity contribution is 5.78. The molecule has 116 valence electrons. The van der Waals surface area contributed by atoms with Gasteiger partial charge in [-0.1, -0.05) is 30.3 Å². The summed E-state index contributed by atoms with van der Waals surface area (Å²) < 4.78 is 0. The van der Waals surface area contributed by atoms with Crippen molar-refractivity contribution in [2.75, 3.05) is 26.7 Å². The Kier molecular flexibility index (Phi) is 6.21. The van der Waals surface area contributed by atoms with Gasteiger partial charge in [0.1, 0.15) is 0 Å². The molecule has 2 rings (SSSR count). The van der Waals surface area contributed by atoms with Gasteiger partial charge in [0, 0.05) is 31.6 Å². The lowest BCUT2D eigenvalue weighted by Gasteiger charge is -2.27. The minimum absolute atomic E-state index is 0.181. The van der Waals surface area contributed by atoms with Crippen molar-refractivity contribution >= 4 is 5.91 Å². The van der Waals surface area contributed by atoms with E-state index in [1.54, 1.807) is 0 Å². The fourth-order valence-corrected chi connectivity index (χ4v) is 2.86. The van der Waals surface area contributed by atoms with Crippen LogP contribution in [0.25, 0.3) is 0 Å². The highest BCUT2D eigenvalue weighted by Crippen LogP contribution is 2.15. The predicted octanol–water partition coefficient (Wildman–Crippen LogP) is 1.62. The molecule has 4 heteroatoms. The summed E-state index contributed by atoms with van der Waals surface area (Å²) in [6, 6.07) is 10.9. The second-order valence-electron chi connectivity index (χ2n) is 6.09. The van der Waals surface area contributed by atoms with Crippen LogP contribution in [-0.2, 0) is 11.3 Å². The summed E-state index contributed by atoms with van der Waals surface area (Å²) in [6.45, 7) is 5.61. The number of carbonyl (C=O) groups excluding carboxylic acids is 1. The largest absolute Gasteiger partial charge is 0.355 e. The number of amides is 1. The molecule has 1 aliphatic heterocycles. The van der Waals surface area contributed by atoms with Gasteiger partial charge in [-0.05, 0) is 38.9 Å². The first-order valence-electron chi connectivity index (χ1n) is 7.88. The first-order chi connectivity index (χ1) is 10.1. The van der Waals surface area contributed by atoms with Crippen LogP contribution in [0.1, 0.15) is 25.3 Å². The smallest absolute Gasteiger partial charge is 0.223 e. The lowest BCUT2D eigenvalue weighted by Crippen LogP contribution is -2.43. The molecule has 0 bridgehead atoms. The van der Waals surface area contributed by atoms with Gasteiger partial charge >= 0.3 is 0 Å². The molecule has 21 heavy (non-hydrogen) atoms. The standard InChI is InChI=1S/C17H27N3O/c1-14-12-16(8-9-18-14)17(21)19-10-11-20(2)13-15-6-4-3-5-7-15/h3-7,14,16,18H,8-13H2,1-2H3,(H,19,21)/t14-,16-/m0/s1. The molecule has 1 aromatic carbocycles. The fourth-order valence-electron chi connectivity index (χ4n) is 2.86. The van der Waals surface area contributed by atoms with Gasteiger partial charge in [-0.15, -0.1) is 0 Å². The zero-order chi connectivity index (χ0) is 15.1. The quantitative estimate of drug-likeness (QED) is 0.836. The molecular weight excluding hydrogens is 262 g/mol. The molecule has 0 saturated carbocycles. The van der Waals surface area contributed by atoms with Crippen LogP contribution in [0.2, 0.25) is 0 Å². The van der Waals surface area contributed by atoms with E-state index in [4.69, 9.17) is 0 Å². The van der Waals surface area contributed by atoms with E-state index < -0.39 is 0 Å². The van der Waals surface area contributed by atoms with E-state index in [9.17, 15) is 4.79 Å². The molecule has 2 N–H and O–H groups in total. The van der Waals surface area contributed by atoms with Gasteiger partial charge in [0.2, 0.25) is 5.91 Å². The molecule has 4 nitrogen and oxygen atoms in total. The number of piperidine rings is 1. The molecule has 2 atom stereocenters. The molecule has 1 fully saturated rings. The Morgan fingerprint density at radius 2 is 2.14 bits per heavy atom. The molecule has 1 aliphatic rings. The topological polar surface area (TPSA) is 44.4 Å². The summed E-state index contributed by atoms with van der Waals surface area (Å²) in [6.07, 6.45) is 1.90. The van der Waals surface area contributed by atoms with Crippen LogP contribution in [0.15, 0.2) is 30.3 Å². The van der Waals surface area contributed by atoms with Crippen molar-refractivity contribution in [3.05, 3.63) is 35.9 Å². The molecular formula is C17H27N3O. The van der Waals surface area contributed by atoms with E-state index in [-0.39, 0.29) is 11.8 Å². The summed E-state index contributed by atoms with van der Waals surface area (Å²) in [7, 11) is 2.09. The van der Waals surface area contributed by atoms with Gasteiger partial charge in [0.15, 0.2) is 0 Å². The van der Waals surface area contributed by atoms with Crippen molar-refractivity contribution in [3.8, 4) is 0 Å². The normalized spacial score (nSPS) is 22.2. The molecule has 1 amide bonds. The van der Waals surface area contributed by atoms with Crippen LogP contribution in [0, 0.1) is 5.92 Å². The van der Waals surface area contributed by atoms with E-state index in [0.717, 1.165) is 39.0 Å². The molecule has 0 radical (unpaired) electrons. The Hall–Kier alpha value is -1.39. The van der Waals surface area contributed by atoms with Gasteiger partial charge in [0.05, 0.1) is 0 Å². The number of likely N-dealkylation sites (N-methyl/N-ethyl adjacent to an activating group) is 1. The average Bonchev–Trinajstić information content (AvgIpc) is 2.48. The minimum Gasteiger partial charge on any atom is -0.355 e. The Bertz CT molecular complexity index is 435. The number of hydrogen-bond donors (Lipinski definition) is 2. The van der Waals surface area contributed by atoms with E-state index in [0.29, 0.717) is 6.04 Å². The second-order valence-corrected chi connectivity index (χ2v) is 6.09. The minimum atomic E-state index is 0.181. The SMILES string of the molecule is C[C@H]1C[C@@H](C(=O)NCCN(C)Cc2ccccc2)CCN1. The van der Waals surface area contributed by atoms with Gasteiger partial charge < -0.3 is 15.5 Å². The molecule has 0 spiro atoms. The molecule has 0 unspecified atom stereocenters. The summed E-state index contributed by atoms with van der Waals surface area (Å²) >= 11 is 0. The van der Waals surface area contributed by atoms with Gasteiger partial charge in [0.25, 0.3) is 0 Å². The molecule has 0 aliphatic carbocycles. The van der Waals surface area contributed by atoms with Crippen LogP contribution in [0.3, 0.4) is 0 Å². The summed E-state index contributed by atoms with van der Waals surface area (Å²) in [5.74, 6) is 0.400. The lowest BCUT2D eigenvalue weighted by molar-refractivity contribution is -0.126. The number of carbonyl (C=O) groups is 1. The first-order valence-corrected chi connectivity index (χ1v) is 7.88. The fraction of sp³-hybridized carbons (Fsp3) is 0.588. The summed E-state index contributed by atoms with van der Waals surface area (Å²) in [4.78, 5) is 14.4. The van der Waals surface area contributed by atoms with Crippen molar-refractivity contribution in [2.24, 2.45) is 5.92 Å². The number of hydrogen-bond acceptors (Lipinski definition) is 3. The average molecular weight is 289 g/mol. The van der Waals surface area contributed by atoms with Crippen molar-refractivity contribution in [2.45, 2.75) is 32.4 Å². The molecule has 0 aromatic heterocycles. The van der Waals surface area contributed by atoms with Crippen LogP contribution in [-0.4, -0.2) is 43.5 Å². The molecule has 1 saturated heterocycles. The highest BCUT2D eigenvalue weighted by atomic mass is 16.1.